The molecule has 1 aromatic heterocycles. The second-order valence-corrected chi connectivity index (χ2v) is 7.31. The minimum absolute atomic E-state index is 0.184. The molecule has 1 heterocycles. The van der Waals surface area contributed by atoms with Crippen LogP contribution in [0.15, 0.2) is 47.3 Å². The van der Waals surface area contributed by atoms with Crippen molar-refractivity contribution in [1.29, 1.82) is 0 Å². The molecule has 0 unspecified atom stereocenters. The van der Waals surface area contributed by atoms with Crippen LogP contribution in [0.3, 0.4) is 0 Å². The number of aryl methyl sites for hydroxylation is 1. The van der Waals surface area contributed by atoms with Gasteiger partial charge in [-0.25, -0.2) is 9.37 Å². The number of benzene rings is 2. The van der Waals surface area contributed by atoms with Crippen molar-refractivity contribution in [3.8, 4) is 0 Å². The monoisotopic (exact) mass is 410 g/mol. The lowest BCUT2D eigenvalue weighted by atomic mass is 10.2. The second kappa shape index (κ2) is 9.52. The maximum absolute atomic E-state index is 13.6. The molecule has 1 N–H and O–H groups in total. The number of fused-ring (bicyclic) bond motifs is 1. The van der Waals surface area contributed by atoms with Crippen LogP contribution in [0.5, 0.6) is 0 Å². The predicted octanol–water partition coefficient (Wildman–Crippen LogP) is 4.11. The van der Waals surface area contributed by atoms with E-state index in [0.717, 1.165) is 18.4 Å². The largest absolute Gasteiger partial charge is 0.352 e. The highest BCUT2D eigenvalue weighted by Gasteiger charge is 2.18. The fourth-order valence-electron chi connectivity index (χ4n) is 3.47. The van der Waals surface area contributed by atoms with Gasteiger partial charge in [0.05, 0.1) is 11.0 Å². The summed E-state index contributed by atoms with van der Waals surface area (Å²) < 4.78 is 15.0. The molecule has 3 rings (SSSR count). The summed E-state index contributed by atoms with van der Waals surface area (Å²) in [6.07, 6.45) is 1.76. The van der Waals surface area contributed by atoms with Crippen molar-refractivity contribution < 1.29 is 9.18 Å². The average molecular weight is 410 g/mol. The average Bonchev–Trinajstić information content (AvgIpc) is 2.72. The number of hydrogen-bond donors (Lipinski definition) is 1. The Kier molecular flexibility index (Phi) is 6.82. The number of hydrogen-bond acceptors (Lipinski definition) is 4. The number of carbonyl (C=O) groups excluding carboxylic acids is 1. The fraction of sp³-hybridized carbons (Fsp3) is 0.348. The third kappa shape index (κ3) is 4.67. The Morgan fingerprint density at radius 1 is 1.13 bits per heavy atom. The van der Waals surface area contributed by atoms with Crippen molar-refractivity contribution in [2.45, 2.75) is 40.2 Å². The van der Waals surface area contributed by atoms with Gasteiger partial charge in [-0.15, -0.1) is 0 Å². The number of aromatic nitrogens is 2. The molecule has 0 aliphatic heterocycles. The zero-order valence-corrected chi connectivity index (χ0v) is 17.6. The quantitative estimate of drug-likeness (QED) is 0.607. The van der Waals surface area contributed by atoms with Gasteiger partial charge in [0.25, 0.3) is 5.56 Å². The van der Waals surface area contributed by atoms with Gasteiger partial charge in [0, 0.05) is 18.8 Å². The van der Waals surface area contributed by atoms with Crippen LogP contribution in [0.2, 0.25) is 0 Å². The number of carbonyl (C=O) groups is 1. The zero-order valence-electron chi connectivity index (χ0n) is 17.6. The molecule has 7 heteroatoms. The minimum atomic E-state index is -0.431. The number of rotatable bonds is 8. The molecule has 0 saturated heterocycles. The van der Waals surface area contributed by atoms with Crippen molar-refractivity contribution in [2.75, 3.05) is 23.3 Å². The molecule has 6 nitrogen and oxygen atoms in total. The van der Waals surface area contributed by atoms with E-state index in [4.69, 9.17) is 0 Å². The maximum Gasteiger partial charge on any atom is 0.294 e. The molecule has 0 spiro atoms. The molecular weight excluding hydrogens is 383 g/mol. The van der Waals surface area contributed by atoms with Crippen LogP contribution in [-0.4, -0.2) is 28.5 Å². The molecule has 2 aromatic carbocycles. The van der Waals surface area contributed by atoms with Gasteiger partial charge in [-0.2, -0.15) is 0 Å². The van der Waals surface area contributed by atoms with Gasteiger partial charge in [0.2, 0.25) is 5.91 Å². The van der Waals surface area contributed by atoms with Gasteiger partial charge < -0.3 is 10.2 Å². The topological polar surface area (TPSA) is 67.2 Å². The standard InChI is InChI=1S/C23H27FN4O2/c1-4-12-27(13-5-2)22-23(30)28(20-9-7-6-8-18(20)26-22)15-21(29)25-19-14-17(24)11-10-16(19)3/h6-11,14H,4-5,12-13,15H2,1-3H3,(H,25,29). The molecule has 0 saturated carbocycles. The summed E-state index contributed by atoms with van der Waals surface area (Å²) in [5, 5.41) is 2.72. The predicted molar refractivity (Wildman–Crippen MR) is 119 cm³/mol. The Morgan fingerprint density at radius 2 is 1.83 bits per heavy atom. The summed E-state index contributed by atoms with van der Waals surface area (Å²) in [7, 11) is 0. The Labute approximate surface area is 175 Å². The number of anilines is 2. The van der Waals surface area contributed by atoms with Crippen molar-refractivity contribution in [2.24, 2.45) is 0 Å². The summed E-state index contributed by atoms with van der Waals surface area (Å²) in [5.41, 5.74) is 2.07. The highest BCUT2D eigenvalue weighted by molar-refractivity contribution is 5.92. The van der Waals surface area contributed by atoms with E-state index in [0.29, 0.717) is 35.6 Å². The minimum Gasteiger partial charge on any atom is -0.352 e. The van der Waals surface area contributed by atoms with Crippen LogP contribution in [-0.2, 0) is 11.3 Å². The van der Waals surface area contributed by atoms with Crippen molar-refractivity contribution in [3.63, 3.8) is 0 Å². The normalized spacial score (nSPS) is 10.9. The lowest BCUT2D eigenvalue weighted by molar-refractivity contribution is -0.116. The Bertz CT molecular complexity index is 1100. The lowest BCUT2D eigenvalue weighted by Crippen LogP contribution is -2.36. The smallest absolute Gasteiger partial charge is 0.294 e. The SMILES string of the molecule is CCCN(CCC)c1nc2ccccc2n(CC(=O)Nc2cc(F)ccc2C)c1=O. The van der Waals surface area contributed by atoms with Crippen LogP contribution >= 0.6 is 0 Å². The maximum atomic E-state index is 13.6. The van der Waals surface area contributed by atoms with E-state index in [2.05, 4.69) is 24.1 Å². The van der Waals surface area contributed by atoms with Crippen molar-refractivity contribution in [1.82, 2.24) is 9.55 Å². The molecular formula is C23H27FN4O2. The van der Waals surface area contributed by atoms with E-state index in [1.54, 1.807) is 19.1 Å². The van der Waals surface area contributed by atoms with Gasteiger partial charge >= 0.3 is 0 Å². The van der Waals surface area contributed by atoms with E-state index in [9.17, 15) is 14.0 Å². The summed E-state index contributed by atoms with van der Waals surface area (Å²) in [4.78, 5) is 32.6. The van der Waals surface area contributed by atoms with Crippen molar-refractivity contribution >= 4 is 28.4 Å². The summed E-state index contributed by atoms with van der Waals surface area (Å²) in [6, 6.07) is 11.5. The molecule has 0 aliphatic carbocycles. The first-order valence-corrected chi connectivity index (χ1v) is 10.2. The van der Waals surface area contributed by atoms with E-state index in [1.165, 1.54) is 16.7 Å². The number of nitrogens with zero attached hydrogens (tertiary/aromatic N) is 3. The number of nitrogens with one attached hydrogen (secondary N) is 1. The molecule has 0 bridgehead atoms. The summed E-state index contributed by atoms with van der Waals surface area (Å²) in [6.45, 7) is 7.13. The first-order chi connectivity index (χ1) is 14.4. The van der Waals surface area contributed by atoms with Gasteiger partial charge in [0.1, 0.15) is 12.4 Å². The van der Waals surface area contributed by atoms with Crippen LogP contribution in [0.25, 0.3) is 11.0 Å². The summed E-state index contributed by atoms with van der Waals surface area (Å²) >= 11 is 0. The fourth-order valence-corrected chi connectivity index (χ4v) is 3.47. The molecule has 30 heavy (non-hydrogen) atoms. The molecule has 1 amide bonds. The second-order valence-electron chi connectivity index (χ2n) is 7.31. The first kappa shape index (κ1) is 21.5. The zero-order chi connectivity index (χ0) is 21.7. The molecule has 0 aliphatic rings. The van der Waals surface area contributed by atoms with E-state index in [-0.39, 0.29) is 12.1 Å². The highest BCUT2D eigenvalue weighted by Crippen LogP contribution is 2.18. The third-order valence-electron chi connectivity index (χ3n) is 4.90. The molecule has 0 fully saturated rings. The highest BCUT2D eigenvalue weighted by atomic mass is 19.1. The van der Waals surface area contributed by atoms with Gasteiger partial charge in [-0.1, -0.05) is 32.0 Å². The Hall–Kier alpha value is -3.22. The van der Waals surface area contributed by atoms with Gasteiger partial charge in [0.15, 0.2) is 5.82 Å². The first-order valence-electron chi connectivity index (χ1n) is 10.2. The molecule has 0 atom stereocenters. The van der Waals surface area contributed by atoms with Gasteiger partial charge in [-0.3, -0.25) is 14.2 Å². The Balaban J connectivity index is 2.01. The molecule has 158 valence electrons. The van der Waals surface area contributed by atoms with Crippen LogP contribution in [0.1, 0.15) is 32.3 Å². The van der Waals surface area contributed by atoms with Crippen molar-refractivity contribution in [3.05, 3.63) is 64.2 Å². The Morgan fingerprint density at radius 3 is 2.53 bits per heavy atom. The van der Waals surface area contributed by atoms with E-state index in [1.807, 2.05) is 23.1 Å². The van der Waals surface area contributed by atoms with Crippen LogP contribution < -0.4 is 15.8 Å². The molecule has 3 aromatic rings. The van der Waals surface area contributed by atoms with E-state index < -0.39 is 11.7 Å². The molecule has 0 radical (unpaired) electrons. The van der Waals surface area contributed by atoms with Crippen LogP contribution in [0, 0.1) is 12.7 Å². The van der Waals surface area contributed by atoms with Gasteiger partial charge in [-0.05, 0) is 49.6 Å². The number of amides is 1. The number of para-hydroxylation sites is 2. The summed E-state index contributed by atoms with van der Waals surface area (Å²) in [5.74, 6) is -0.475. The van der Waals surface area contributed by atoms with E-state index >= 15 is 0 Å². The third-order valence-corrected chi connectivity index (χ3v) is 4.90. The van der Waals surface area contributed by atoms with Crippen LogP contribution in [0.4, 0.5) is 15.9 Å². The lowest BCUT2D eigenvalue weighted by Gasteiger charge is -2.23. The number of halogens is 1.